The van der Waals surface area contributed by atoms with Gasteiger partial charge in [0, 0.05) is 0 Å². The fraction of sp³-hybridized carbons (Fsp3) is 0.500. The summed E-state index contributed by atoms with van der Waals surface area (Å²) in [6.45, 7) is 2.70. The molecule has 0 spiro atoms. The van der Waals surface area contributed by atoms with Crippen LogP contribution in [0.3, 0.4) is 0 Å². The largest absolute Gasteiger partial charge is 0.660 e. The van der Waals surface area contributed by atoms with Crippen LogP contribution in [0.1, 0.15) is 6.92 Å². The first kappa shape index (κ1) is 9.03. The Balaban J connectivity index is 0.000000810. The monoisotopic (exact) mass is 164 g/mol. The van der Waals surface area contributed by atoms with Gasteiger partial charge in [-0.15, -0.1) is 12.4 Å². The lowest BCUT2D eigenvalue weighted by molar-refractivity contribution is -0.719. The van der Waals surface area contributed by atoms with Crippen molar-refractivity contribution in [3.63, 3.8) is 0 Å². The van der Waals surface area contributed by atoms with Crippen LogP contribution in [0.2, 0.25) is 0 Å². The molecule has 0 amide bonds. The highest BCUT2D eigenvalue weighted by molar-refractivity contribution is 5.85. The predicted octanol–water partition coefficient (Wildman–Crippen LogP) is 0.631. The molecule has 0 fully saturated rings. The molecule has 0 saturated carbocycles. The summed E-state index contributed by atoms with van der Waals surface area (Å²) in [5.74, 6) is 0.0518. The van der Waals surface area contributed by atoms with E-state index < -0.39 is 0 Å². The number of nitrogens with zero attached hydrogens (tertiary/aromatic N) is 2. The van der Waals surface area contributed by atoms with Gasteiger partial charge in [0.15, 0.2) is 0 Å². The van der Waals surface area contributed by atoms with Gasteiger partial charge in [0.25, 0.3) is 6.20 Å². The zero-order chi connectivity index (χ0) is 6.69. The van der Waals surface area contributed by atoms with E-state index >= 15 is 0 Å². The van der Waals surface area contributed by atoms with Gasteiger partial charge in [0.05, 0.1) is 11.3 Å². The van der Waals surface area contributed by atoms with Crippen LogP contribution in [0.4, 0.5) is 5.88 Å². The Morgan fingerprint density at radius 1 is 1.90 bits per heavy atom. The van der Waals surface area contributed by atoms with Crippen molar-refractivity contribution >= 4 is 18.3 Å². The Morgan fingerprint density at radius 2 is 2.60 bits per heavy atom. The van der Waals surface area contributed by atoms with Crippen LogP contribution in [0.25, 0.3) is 5.73 Å². The van der Waals surface area contributed by atoms with Crippen LogP contribution in [-0.4, -0.2) is 11.8 Å². The molecule has 1 aromatic rings. The van der Waals surface area contributed by atoms with Gasteiger partial charge in [0.2, 0.25) is 5.27 Å². The highest BCUT2D eigenvalue weighted by atomic mass is 35.5. The quantitative estimate of drug-likeness (QED) is 0.652. The summed E-state index contributed by atoms with van der Waals surface area (Å²) < 4.78 is 4.43. The van der Waals surface area contributed by atoms with E-state index in [0.717, 1.165) is 6.54 Å². The molecule has 1 aromatic heterocycles. The van der Waals surface area contributed by atoms with Crippen LogP contribution < -0.4 is 10.2 Å². The van der Waals surface area contributed by atoms with E-state index in [-0.39, 0.29) is 18.3 Å². The standard InChI is InChI=1S/C4H8N4O.ClH/c1-2-6-8-3-4(5)9-7-8;/h3,5H,2H2,1H3,(H,6,7);1H. The molecule has 0 radical (unpaired) electrons. The van der Waals surface area contributed by atoms with E-state index in [1.165, 1.54) is 11.0 Å². The maximum absolute atomic E-state index is 6.90. The molecule has 1 rings (SSSR count). The molecule has 0 aromatic carbocycles. The summed E-state index contributed by atoms with van der Waals surface area (Å²) >= 11 is 0. The van der Waals surface area contributed by atoms with Crippen LogP contribution in [-0.2, 0) is 0 Å². The van der Waals surface area contributed by atoms with E-state index in [2.05, 4.69) is 15.2 Å². The molecule has 2 N–H and O–H groups in total. The van der Waals surface area contributed by atoms with Crippen molar-refractivity contribution in [2.75, 3.05) is 12.0 Å². The van der Waals surface area contributed by atoms with Crippen LogP contribution >= 0.6 is 12.4 Å². The highest BCUT2D eigenvalue weighted by Crippen LogP contribution is 1.99. The smallest absolute Gasteiger partial charge is 0.256 e. The molecule has 0 saturated heterocycles. The Kier molecular flexibility index (Phi) is 3.56. The zero-order valence-electron chi connectivity index (χ0n) is 5.50. The lowest BCUT2D eigenvalue weighted by Crippen LogP contribution is -2.45. The Morgan fingerprint density at radius 3 is 3.00 bits per heavy atom. The van der Waals surface area contributed by atoms with Crippen LogP contribution in [0.15, 0.2) is 10.7 Å². The average molecular weight is 165 g/mol. The molecule has 0 aliphatic carbocycles. The average Bonchev–Trinajstić information content (AvgIpc) is 2.17. The molecule has 1 heterocycles. The SMILES string of the molecule is CCN[n+]1cc([NH-])on1.Cl. The predicted molar refractivity (Wildman–Crippen MR) is 37.8 cm³/mol. The molecule has 58 valence electrons. The first-order valence-corrected chi connectivity index (χ1v) is 2.67. The van der Waals surface area contributed by atoms with Crippen LogP contribution in [0.5, 0.6) is 0 Å². The van der Waals surface area contributed by atoms with Gasteiger partial charge in [-0.2, -0.15) is 5.43 Å². The molecule has 0 bridgehead atoms. The fourth-order valence-corrected chi connectivity index (χ4v) is 0.483. The van der Waals surface area contributed by atoms with Gasteiger partial charge in [-0.25, -0.2) is 0 Å². The summed E-state index contributed by atoms with van der Waals surface area (Å²) in [7, 11) is 0. The minimum absolute atomic E-state index is 0. The summed E-state index contributed by atoms with van der Waals surface area (Å²) in [6, 6.07) is 0. The molecule has 6 heteroatoms. The second-order valence-electron chi connectivity index (χ2n) is 1.52. The van der Waals surface area contributed by atoms with Gasteiger partial charge in [-0.3, -0.25) is 0 Å². The lowest BCUT2D eigenvalue weighted by Gasteiger charge is -1.82. The van der Waals surface area contributed by atoms with Crippen molar-refractivity contribution in [1.29, 1.82) is 0 Å². The summed E-state index contributed by atoms with van der Waals surface area (Å²) in [5.41, 5.74) is 9.72. The first-order chi connectivity index (χ1) is 4.33. The molecule has 0 atom stereocenters. The first-order valence-electron chi connectivity index (χ1n) is 2.67. The fourth-order valence-electron chi connectivity index (χ4n) is 0.483. The van der Waals surface area contributed by atoms with Crippen molar-refractivity contribution in [3.8, 4) is 0 Å². The second-order valence-corrected chi connectivity index (χ2v) is 1.52. The summed E-state index contributed by atoms with van der Waals surface area (Å²) in [5, 5.41) is 3.45. The number of halogens is 1. The minimum atomic E-state index is 0. The molecular formula is C4H9ClN4O. The number of hydrogen-bond acceptors (Lipinski definition) is 3. The second kappa shape index (κ2) is 3.94. The normalized spacial score (nSPS) is 8.50. The van der Waals surface area contributed by atoms with E-state index in [1.54, 1.807) is 0 Å². The Labute approximate surface area is 64.5 Å². The van der Waals surface area contributed by atoms with Gasteiger partial charge in [-0.05, 0) is 6.92 Å². The van der Waals surface area contributed by atoms with E-state index in [1.807, 2.05) is 6.92 Å². The topological polar surface area (TPSA) is 65.7 Å². The Hall–Kier alpha value is -0.970. The number of hydrogen-bond donors (Lipinski definition) is 1. The molecule has 0 aliphatic heterocycles. The molecule has 0 unspecified atom stereocenters. The number of aromatic nitrogens is 2. The van der Waals surface area contributed by atoms with E-state index in [9.17, 15) is 0 Å². The molecule has 10 heavy (non-hydrogen) atoms. The maximum atomic E-state index is 6.90. The van der Waals surface area contributed by atoms with Crippen LogP contribution in [0, 0.1) is 0 Å². The van der Waals surface area contributed by atoms with Gasteiger partial charge < -0.3 is 10.3 Å². The minimum Gasteiger partial charge on any atom is -0.660 e. The highest BCUT2D eigenvalue weighted by Gasteiger charge is 1.99. The van der Waals surface area contributed by atoms with Crippen molar-refractivity contribution in [1.82, 2.24) is 5.27 Å². The zero-order valence-corrected chi connectivity index (χ0v) is 6.31. The van der Waals surface area contributed by atoms with Gasteiger partial charge >= 0.3 is 0 Å². The third kappa shape index (κ3) is 2.10. The van der Waals surface area contributed by atoms with Crippen molar-refractivity contribution < 1.29 is 9.31 Å². The number of rotatable bonds is 2. The summed E-state index contributed by atoms with van der Waals surface area (Å²) in [4.78, 5) is 1.36. The third-order valence-corrected chi connectivity index (χ3v) is 0.787. The lowest BCUT2D eigenvalue weighted by atomic mass is 10.8. The third-order valence-electron chi connectivity index (χ3n) is 0.787. The summed E-state index contributed by atoms with van der Waals surface area (Å²) in [6.07, 6.45) is 1.45. The molecule has 5 nitrogen and oxygen atoms in total. The molecular weight excluding hydrogens is 156 g/mol. The van der Waals surface area contributed by atoms with Gasteiger partial charge in [-0.1, -0.05) is 0 Å². The van der Waals surface area contributed by atoms with Gasteiger partial charge in [0.1, 0.15) is 5.88 Å². The van der Waals surface area contributed by atoms with E-state index in [4.69, 9.17) is 5.73 Å². The van der Waals surface area contributed by atoms with Crippen molar-refractivity contribution in [3.05, 3.63) is 11.9 Å². The Bertz CT molecular complexity index is 189. The number of nitrogens with one attached hydrogen (secondary N) is 2. The van der Waals surface area contributed by atoms with Crippen molar-refractivity contribution in [2.24, 2.45) is 0 Å². The molecule has 0 aliphatic rings. The van der Waals surface area contributed by atoms with Crippen molar-refractivity contribution in [2.45, 2.75) is 6.92 Å². The maximum Gasteiger partial charge on any atom is 0.256 e. The van der Waals surface area contributed by atoms with E-state index in [0.29, 0.717) is 0 Å².